The van der Waals surface area contributed by atoms with Gasteiger partial charge in [-0.05, 0) is 63.3 Å². The molecule has 13 nitrogen and oxygen atoms in total. The van der Waals surface area contributed by atoms with Crippen LogP contribution >= 0.6 is 0 Å². The van der Waals surface area contributed by atoms with E-state index in [2.05, 4.69) is 47.8 Å². The molecule has 2 saturated heterocycles. The molecule has 1 spiro atoms. The summed E-state index contributed by atoms with van der Waals surface area (Å²) in [6.07, 6.45) is 5.64. The SMILES string of the molecule is COC1C(OC(=O)N[C@@H](COC(=O)NCCCCCCNC(=O)CNOF)C(C)C)CC[C@]2(CO2)C1C1(C)O[C@@H]1CC=C(C)C. The first kappa shape index (κ1) is 36.9. The van der Waals surface area contributed by atoms with E-state index in [4.69, 9.17) is 23.7 Å². The van der Waals surface area contributed by atoms with Crippen molar-refractivity contribution in [3.63, 3.8) is 0 Å². The van der Waals surface area contributed by atoms with Crippen LogP contribution in [0.4, 0.5) is 14.1 Å². The lowest BCUT2D eigenvalue weighted by Crippen LogP contribution is -2.56. The van der Waals surface area contributed by atoms with Gasteiger partial charge in [0.2, 0.25) is 5.91 Å². The summed E-state index contributed by atoms with van der Waals surface area (Å²) in [4.78, 5) is 36.6. The van der Waals surface area contributed by atoms with Gasteiger partial charge in [-0.15, -0.1) is 0 Å². The lowest BCUT2D eigenvalue weighted by Gasteiger charge is -2.42. The Labute approximate surface area is 265 Å². The van der Waals surface area contributed by atoms with Gasteiger partial charge in [0.05, 0.1) is 24.7 Å². The molecular weight excluding hydrogens is 591 g/mol. The zero-order valence-corrected chi connectivity index (χ0v) is 27.6. The maximum Gasteiger partial charge on any atom is 0.407 e. The van der Waals surface area contributed by atoms with E-state index in [1.165, 1.54) is 5.57 Å². The lowest BCUT2D eigenvalue weighted by atomic mass is 9.68. The summed E-state index contributed by atoms with van der Waals surface area (Å²) in [7, 11) is 1.64. The number of rotatable bonds is 19. The van der Waals surface area contributed by atoms with Gasteiger partial charge in [0.15, 0.2) is 0 Å². The van der Waals surface area contributed by atoms with Gasteiger partial charge in [0.25, 0.3) is 0 Å². The van der Waals surface area contributed by atoms with Crippen molar-refractivity contribution in [2.75, 3.05) is 40.0 Å². The highest BCUT2D eigenvalue weighted by atomic mass is 19.3. The number of carbonyl (C=O) groups excluding carboxylic acids is 3. The Hall–Kier alpha value is -2.52. The van der Waals surface area contributed by atoms with Crippen molar-refractivity contribution in [3.8, 4) is 0 Å². The Morgan fingerprint density at radius 2 is 1.76 bits per heavy atom. The number of alkyl carbamates (subject to hydrolysis) is 2. The molecular formula is C31H53FN4O9. The predicted octanol–water partition coefficient (Wildman–Crippen LogP) is 3.62. The smallest absolute Gasteiger partial charge is 0.407 e. The fourth-order valence-electron chi connectivity index (χ4n) is 6.19. The fraction of sp³-hybridized carbons (Fsp3) is 0.839. The highest BCUT2D eigenvalue weighted by molar-refractivity contribution is 5.77. The first-order chi connectivity index (χ1) is 21.5. The van der Waals surface area contributed by atoms with Crippen molar-refractivity contribution in [2.45, 2.75) is 115 Å². The number of carbonyl (C=O) groups is 3. The van der Waals surface area contributed by atoms with Crippen LogP contribution in [0.25, 0.3) is 0 Å². The number of unbranched alkanes of at least 4 members (excludes halogenated alkanes) is 3. The lowest BCUT2D eigenvalue weighted by molar-refractivity contribution is -0.193. The molecule has 4 unspecified atom stereocenters. The van der Waals surface area contributed by atoms with Crippen molar-refractivity contribution >= 4 is 18.1 Å². The summed E-state index contributed by atoms with van der Waals surface area (Å²) in [5, 5.41) is 11.4. The van der Waals surface area contributed by atoms with Crippen LogP contribution in [0, 0.1) is 11.8 Å². The second-order valence-electron chi connectivity index (χ2n) is 13.0. The summed E-state index contributed by atoms with van der Waals surface area (Å²) in [5.41, 5.74) is 2.34. The molecule has 3 amide bonds. The summed E-state index contributed by atoms with van der Waals surface area (Å²) in [6.45, 7) is 11.4. The van der Waals surface area contributed by atoms with Crippen LogP contribution in [0.5, 0.6) is 0 Å². The average Bonchev–Trinajstić information content (AvgIpc) is 3.91. The zero-order chi connectivity index (χ0) is 33.0. The molecule has 45 heavy (non-hydrogen) atoms. The summed E-state index contributed by atoms with van der Waals surface area (Å²) in [5.74, 6) is -0.441. The molecule has 3 fully saturated rings. The second kappa shape index (κ2) is 17.4. The van der Waals surface area contributed by atoms with Crippen molar-refractivity contribution in [2.24, 2.45) is 11.8 Å². The van der Waals surface area contributed by atoms with Crippen LogP contribution in [0.15, 0.2) is 11.6 Å². The first-order valence-corrected chi connectivity index (χ1v) is 16.1. The quantitative estimate of drug-likeness (QED) is 0.0708. The third-order valence-corrected chi connectivity index (χ3v) is 8.98. The standard InChI is InChI=1S/C31H53FN4O9/c1-20(2)11-12-24-30(5,44-24)27-26(40-6)23(13-14-31(27)19-42-31)43-29(39)36-22(21(3)4)18-41-28(38)34-16-10-8-7-9-15-33-25(37)17-35-45-32/h11,21-24,26-27,35H,7-10,12-19H2,1-6H3,(H,33,37)(H,34,38)(H,36,39)/t22-,23?,24+,26?,27?,30?,31-/m0/s1. The zero-order valence-electron chi connectivity index (χ0n) is 27.6. The van der Waals surface area contributed by atoms with E-state index >= 15 is 0 Å². The molecule has 4 N–H and O–H groups in total. The van der Waals surface area contributed by atoms with E-state index in [9.17, 15) is 18.9 Å². The number of halogens is 1. The first-order valence-electron chi connectivity index (χ1n) is 16.1. The van der Waals surface area contributed by atoms with Gasteiger partial charge in [0, 0.05) is 20.2 Å². The maximum atomic E-state index is 13.1. The number of methoxy groups -OCH3 is 1. The number of hydroxylamine groups is 1. The van der Waals surface area contributed by atoms with Crippen molar-refractivity contribution in [3.05, 3.63) is 11.6 Å². The number of hydrogen-bond donors (Lipinski definition) is 4. The third-order valence-electron chi connectivity index (χ3n) is 8.98. The number of amides is 3. The van der Waals surface area contributed by atoms with Crippen LogP contribution in [-0.4, -0.2) is 93.6 Å². The van der Waals surface area contributed by atoms with Gasteiger partial charge in [-0.2, -0.15) is 5.48 Å². The van der Waals surface area contributed by atoms with Crippen LogP contribution in [0.1, 0.15) is 79.6 Å². The Balaban J connectivity index is 1.38. The van der Waals surface area contributed by atoms with E-state index in [-0.39, 0.29) is 48.7 Å². The van der Waals surface area contributed by atoms with E-state index in [1.54, 1.807) is 7.11 Å². The maximum absolute atomic E-state index is 13.1. The molecule has 0 aromatic rings. The number of epoxide rings is 2. The Morgan fingerprint density at radius 3 is 2.36 bits per heavy atom. The summed E-state index contributed by atoms with van der Waals surface area (Å²) in [6, 6.07) is -0.443. The minimum Gasteiger partial charge on any atom is -0.447 e. The van der Waals surface area contributed by atoms with Gasteiger partial charge < -0.3 is 39.6 Å². The molecule has 3 aliphatic rings. The molecule has 14 heteroatoms. The molecule has 2 heterocycles. The number of ether oxygens (including phenoxy) is 5. The molecule has 3 rings (SSSR count). The van der Waals surface area contributed by atoms with E-state index in [1.807, 2.05) is 19.3 Å². The summed E-state index contributed by atoms with van der Waals surface area (Å²) >= 11 is 0. The average molecular weight is 645 g/mol. The van der Waals surface area contributed by atoms with Crippen LogP contribution in [0.3, 0.4) is 0 Å². The van der Waals surface area contributed by atoms with Gasteiger partial charge in [-0.1, -0.05) is 43.4 Å². The highest BCUT2D eigenvalue weighted by Crippen LogP contribution is 2.59. The largest absolute Gasteiger partial charge is 0.447 e. The van der Waals surface area contributed by atoms with E-state index in [0.717, 1.165) is 38.5 Å². The van der Waals surface area contributed by atoms with Crippen LogP contribution < -0.4 is 21.4 Å². The van der Waals surface area contributed by atoms with Gasteiger partial charge >= 0.3 is 12.2 Å². The van der Waals surface area contributed by atoms with Crippen molar-refractivity contribution in [1.82, 2.24) is 21.4 Å². The topological polar surface area (TPSA) is 161 Å². The van der Waals surface area contributed by atoms with Crippen molar-refractivity contribution in [1.29, 1.82) is 0 Å². The minimum atomic E-state index is -0.581. The molecule has 0 bridgehead atoms. The number of allylic oxidation sites excluding steroid dienone is 1. The molecule has 7 atom stereocenters. The van der Waals surface area contributed by atoms with Gasteiger partial charge in [-0.25, -0.2) is 9.59 Å². The molecule has 0 aromatic carbocycles. The van der Waals surface area contributed by atoms with Crippen LogP contribution in [0.2, 0.25) is 0 Å². The van der Waals surface area contributed by atoms with E-state index in [0.29, 0.717) is 26.1 Å². The van der Waals surface area contributed by atoms with Crippen LogP contribution in [-0.2, 0) is 33.5 Å². The Bertz CT molecular complexity index is 1010. The fourth-order valence-corrected chi connectivity index (χ4v) is 6.19. The Morgan fingerprint density at radius 1 is 1.07 bits per heavy atom. The Kier molecular flexibility index (Phi) is 14.3. The molecule has 258 valence electrons. The highest BCUT2D eigenvalue weighted by Gasteiger charge is 2.72. The third kappa shape index (κ3) is 11.1. The van der Waals surface area contributed by atoms with E-state index < -0.39 is 29.9 Å². The molecule has 2 aliphatic heterocycles. The summed E-state index contributed by atoms with van der Waals surface area (Å²) < 4.78 is 41.0. The van der Waals surface area contributed by atoms with Gasteiger partial charge in [0.1, 0.15) is 36.6 Å². The number of nitrogens with one attached hydrogen (secondary N) is 4. The molecule has 1 aliphatic carbocycles. The van der Waals surface area contributed by atoms with Crippen molar-refractivity contribution < 1.29 is 47.6 Å². The molecule has 1 saturated carbocycles. The molecule has 0 radical (unpaired) electrons. The second-order valence-corrected chi connectivity index (χ2v) is 13.0. The minimum absolute atomic E-state index is 0.00347. The normalized spacial score (nSPS) is 29.1. The molecule has 0 aromatic heterocycles. The number of hydrogen-bond acceptors (Lipinski definition) is 10. The van der Waals surface area contributed by atoms with Gasteiger partial charge in [-0.3, -0.25) is 4.79 Å². The monoisotopic (exact) mass is 644 g/mol. The predicted molar refractivity (Wildman–Crippen MR) is 163 cm³/mol.